The molecule has 156 valence electrons. The Hall–Kier alpha value is -2.10. The first kappa shape index (κ1) is 20.2. The lowest BCUT2D eigenvalue weighted by Gasteiger charge is -2.17. The van der Waals surface area contributed by atoms with E-state index in [2.05, 4.69) is 0 Å². The highest BCUT2D eigenvalue weighted by Gasteiger charge is 2.26. The summed E-state index contributed by atoms with van der Waals surface area (Å²) in [5.74, 6) is -1.46. The molecule has 0 amide bonds. The Morgan fingerprint density at radius 2 is 1.86 bits per heavy atom. The predicted octanol–water partition coefficient (Wildman–Crippen LogP) is 5.13. The molecule has 0 N–H and O–H groups in total. The topological polar surface area (TPSA) is 46.2 Å². The molecule has 1 saturated carbocycles. The summed E-state index contributed by atoms with van der Waals surface area (Å²) < 4.78 is 69.6. The highest BCUT2D eigenvalue weighted by molar-refractivity contribution is 7.94. The molecule has 2 fully saturated rings. The summed E-state index contributed by atoms with van der Waals surface area (Å²) in [6, 6.07) is 4.90. The van der Waals surface area contributed by atoms with E-state index < -0.39 is 23.7 Å². The maximum absolute atomic E-state index is 14.4. The smallest absolute Gasteiger partial charge is 0.200 e. The number of rotatable bonds is 8. The Labute approximate surface area is 170 Å². The molecule has 0 radical (unpaired) electrons. The zero-order valence-electron chi connectivity index (χ0n) is 15.6. The Balaban J connectivity index is 1.57. The van der Waals surface area contributed by atoms with Crippen molar-refractivity contribution in [3.8, 4) is 17.2 Å². The molecule has 1 saturated heterocycles. The third kappa shape index (κ3) is 4.57. The largest absolute Gasteiger partial charge is 0.493 e. The average Bonchev–Trinajstić information content (AvgIpc) is 3.39. The first-order chi connectivity index (χ1) is 14.1. The van der Waals surface area contributed by atoms with Crippen molar-refractivity contribution in [1.29, 1.82) is 0 Å². The van der Waals surface area contributed by atoms with Crippen molar-refractivity contribution < 1.29 is 36.3 Å². The van der Waals surface area contributed by atoms with E-state index in [0.29, 0.717) is 12.5 Å². The Bertz CT molecular complexity index is 885. The van der Waals surface area contributed by atoms with E-state index in [1.807, 2.05) is 0 Å². The van der Waals surface area contributed by atoms with Crippen molar-refractivity contribution in [3.63, 3.8) is 0 Å². The summed E-state index contributed by atoms with van der Waals surface area (Å²) in [5, 5.41) is 0. The van der Waals surface area contributed by atoms with Gasteiger partial charge in [0.2, 0.25) is 6.29 Å². The fourth-order valence-corrected chi connectivity index (χ4v) is 3.36. The molecule has 4 rings (SSSR count). The van der Waals surface area contributed by atoms with Gasteiger partial charge in [0.05, 0.1) is 19.3 Å². The van der Waals surface area contributed by atoms with Gasteiger partial charge in [-0.3, -0.25) is 4.18 Å². The molecule has 5 nitrogen and oxygen atoms in total. The standard InChI is InChI=1S/C20H19F3O5S/c1-24-17-7-15(22)12(20-27-10-29-28-20)6-18(17)26-9-13-16(25-8-11-2-3-11)5-4-14(21)19(13)23/h4-7,11,20H,2-3,8-10H2,1H3. The normalized spacial score (nSPS) is 18.7. The van der Waals surface area contributed by atoms with Gasteiger partial charge in [0.15, 0.2) is 23.1 Å². The summed E-state index contributed by atoms with van der Waals surface area (Å²) in [6.45, 7) is 0.113. The van der Waals surface area contributed by atoms with Crippen molar-refractivity contribution in [2.45, 2.75) is 25.7 Å². The predicted molar refractivity (Wildman–Crippen MR) is 99.2 cm³/mol. The van der Waals surface area contributed by atoms with Crippen LogP contribution in [-0.2, 0) is 15.5 Å². The van der Waals surface area contributed by atoms with Gasteiger partial charge in [0, 0.05) is 23.7 Å². The number of benzene rings is 2. The molecule has 2 aromatic rings. The van der Waals surface area contributed by atoms with Crippen LogP contribution in [0.4, 0.5) is 13.2 Å². The minimum Gasteiger partial charge on any atom is -0.493 e. The third-order valence-electron chi connectivity index (χ3n) is 4.66. The number of ether oxygens (including phenoxy) is 4. The SMILES string of the molecule is COc1cc(F)c(C2OCSO2)cc1OCc1c(OCC2CC2)ccc(F)c1F. The minimum absolute atomic E-state index is 0.0532. The lowest BCUT2D eigenvalue weighted by Crippen LogP contribution is -2.09. The van der Waals surface area contributed by atoms with Gasteiger partial charge in [-0.2, -0.15) is 0 Å². The molecular weight excluding hydrogens is 409 g/mol. The van der Waals surface area contributed by atoms with Crippen LogP contribution in [0.3, 0.4) is 0 Å². The molecule has 0 bridgehead atoms. The molecule has 1 aliphatic heterocycles. The molecule has 1 unspecified atom stereocenters. The number of methoxy groups -OCH3 is 1. The molecular formula is C20H19F3O5S. The first-order valence-electron chi connectivity index (χ1n) is 9.06. The van der Waals surface area contributed by atoms with Gasteiger partial charge in [-0.25, -0.2) is 13.2 Å². The van der Waals surface area contributed by atoms with Gasteiger partial charge in [0.25, 0.3) is 0 Å². The first-order valence-corrected chi connectivity index (χ1v) is 9.97. The van der Waals surface area contributed by atoms with Crippen molar-refractivity contribution >= 4 is 12.0 Å². The van der Waals surface area contributed by atoms with Crippen LogP contribution in [0.25, 0.3) is 0 Å². The maximum Gasteiger partial charge on any atom is 0.200 e. The molecule has 1 heterocycles. The van der Waals surface area contributed by atoms with Crippen molar-refractivity contribution in [2.75, 3.05) is 19.7 Å². The lowest BCUT2D eigenvalue weighted by atomic mass is 10.1. The fourth-order valence-electron chi connectivity index (χ4n) is 2.84. The summed E-state index contributed by atoms with van der Waals surface area (Å²) in [7, 11) is 1.35. The zero-order valence-corrected chi connectivity index (χ0v) is 16.4. The molecule has 9 heteroatoms. The van der Waals surface area contributed by atoms with E-state index in [9.17, 15) is 13.2 Å². The van der Waals surface area contributed by atoms with E-state index >= 15 is 0 Å². The molecule has 1 aliphatic carbocycles. The highest BCUT2D eigenvalue weighted by Crippen LogP contribution is 2.39. The van der Waals surface area contributed by atoms with Crippen molar-refractivity contribution in [1.82, 2.24) is 0 Å². The molecule has 2 aliphatic rings. The Kier molecular flexibility index (Phi) is 6.07. The van der Waals surface area contributed by atoms with Gasteiger partial charge in [0.1, 0.15) is 24.1 Å². The summed E-state index contributed by atoms with van der Waals surface area (Å²) in [5.41, 5.74) is 0.0678. The van der Waals surface area contributed by atoms with Crippen LogP contribution in [0.5, 0.6) is 17.2 Å². The molecule has 0 aromatic heterocycles. The van der Waals surface area contributed by atoms with Crippen LogP contribution < -0.4 is 14.2 Å². The quantitative estimate of drug-likeness (QED) is 0.543. The Morgan fingerprint density at radius 1 is 1.03 bits per heavy atom. The van der Waals surface area contributed by atoms with Crippen LogP contribution in [0.1, 0.15) is 30.3 Å². The van der Waals surface area contributed by atoms with Crippen LogP contribution in [0.15, 0.2) is 24.3 Å². The van der Waals surface area contributed by atoms with Crippen LogP contribution in [0.2, 0.25) is 0 Å². The van der Waals surface area contributed by atoms with Gasteiger partial charge < -0.3 is 18.9 Å². The highest BCUT2D eigenvalue weighted by atomic mass is 32.2. The second-order valence-electron chi connectivity index (χ2n) is 6.74. The fraction of sp³-hybridized carbons (Fsp3) is 0.400. The number of hydrogen-bond donors (Lipinski definition) is 0. The van der Waals surface area contributed by atoms with E-state index in [1.54, 1.807) is 0 Å². The average molecular weight is 428 g/mol. The van der Waals surface area contributed by atoms with E-state index in [4.69, 9.17) is 23.1 Å². The van der Waals surface area contributed by atoms with Crippen LogP contribution >= 0.6 is 12.0 Å². The van der Waals surface area contributed by atoms with Crippen LogP contribution in [-0.4, -0.2) is 19.7 Å². The monoisotopic (exact) mass is 428 g/mol. The lowest BCUT2D eigenvalue weighted by molar-refractivity contribution is -0.0211. The minimum atomic E-state index is -1.04. The molecule has 2 aromatic carbocycles. The van der Waals surface area contributed by atoms with Crippen molar-refractivity contribution in [3.05, 3.63) is 52.8 Å². The number of halogens is 3. The van der Waals surface area contributed by atoms with E-state index in [-0.39, 0.29) is 40.9 Å². The zero-order chi connectivity index (χ0) is 20.4. The Morgan fingerprint density at radius 3 is 2.55 bits per heavy atom. The molecule has 0 spiro atoms. The van der Waals surface area contributed by atoms with E-state index in [0.717, 1.165) is 37.0 Å². The second kappa shape index (κ2) is 8.73. The molecule has 1 atom stereocenters. The molecule has 29 heavy (non-hydrogen) atoms. The summed E-state index contributed by atoms with van der Waals surface area (Å²) in [6.07, 6.45) is 1.24. The summed E-state index contributed by atoms with van der Waals surface area (Å²) >= 11 is 1.06. The number of hydrogen-bond acceptors (Lipinski definition) is 6. The maximum atomic E-state index is 14.4. The van der Waals surface area contributed by atoms with Gasteiger partial charge in [-0.05, 0) is 37.0 Å². The third-order valence-corrected chi connectivity index (χ3v) is 5.20. The van der Waals surface area contributed by atoms with E-state index in [1.165, 1.54) is 19.2 Å². The van der Waals surface area contributed by atoms with Gasteiger partial charge >= 0.3 is 0 Å². The van der Waals surface area contributed by atoms with Gasteiger partial charge in [-0.15, -0.1) is 0 Å². The van der Waals surface area contributed by atoms with Crippen LogP contribution in [0, 0.1) is 23.4 Å². The summed E-state index contributed by atoms with van der Waals surface area (Å²) in [4.78, 5) is 0. The van der Waals surface area contributed by atoms with Crippen molar-refractivity contribution in [2.24, 2.45) is 5.92 Å². The second-order valence-corrected chi connectivity index (χ2v) is 7.40. The van der Waals surface area contributed by atoms with Gasteiger partial charge in [-0.1, -0.05) is 0 Å².